The zero-order chi connectivity index (χ0) is 13.6. The largest absolute Gasteiger partial charge is 0.493 e. The Morgan fingerprint density at radius 1 is 1.17 bits per heavy atom. The van der Waals surface area contributed by atoms with Gasteiger partial charge in [-0.2, -0.15) is 0 Å². The van der Waals surface area contributed by atoms with E-state index in [2.05, 4.69) is 0 Å². The lowest BCUT2D eigenvalue weighted by Crippen LogP contribution is -2.39. The van der Waals surface area contributed by atoms with Crippen molar-refractivity contribution in [2.24, 2.45) is 5.73 Å². The Bertz CT molecular complexity index is 381. The molecule has 1 unspecified atom stereocenters. The monoisotopic (exact) mass is 253 g/mol. The zero-order valence-electron chi connectivity index (χ0n) is 11.7. The van der Waals surface area contributed by atoms with E-state index < -0.39 is 0 Å². The molecule has 0 amide bonds. The standard InChI is InChI=1S/C14H23NO3/c1-5-18-14(2,10-15)9-11-6-7-12(16-3)13(8-11)17-4/h6-8H,5,9-10,15H2,1-4H3. The first-order valence-corrected chi connectivity index (χ1v) is 6.13. The van der Waals surface area contributed by atoms with Crippen molar-refractivity contribution in [1.82, 2.24) is 0 Å². The number of hydrogen-bond donors (Lipinski definition) is 1. The second-order valence-electron chi connectivity index (χ2n) is 4.45. The van der Waals surface area contributed by atoms with Gasteiger partial charge in [-0.1, -0.05) is 6.07 Å². The van der Waals surface area contributed by atoms with Crippen molar-refractivity contribution >= 4 is 0 Å². The molecular weight excluding hydrogens is 230 g/mol. The summed E-state index contributed by atoms with van der Waals surface area (Å²) in [5.74, 6) is 1.46. The van der Waals surface area contributed by atoms with Crippen molar-refractivity contribution in [1.29, 1.82) is 0 Å². The van der Waals surface area contributed by atoms with Crippen LogP contribution >= 0.6 is 0 Å². The first kappa shape index (κ1) is 14.8. The molecule has 0 aliphatic rings. The smallest absolute Gasteiger partial charge is 0.160 e. The quantitative estimate of drug-likeness (QED) is 0.807. The van der Waals surface area contributed by atoms with Crippen LogP contribution in [0.4, 0.5) is 0 Å². The van der Waals surface area contributed by atoms with Gasteiger partial charge in [0.2, 0.25) is 0 Å². The van der Waals surface area contributed by atoms with E-state index in [4.69, 9.17) is 19.9 Å². The lowest BCUT2D eigenvalue weighted by Gasteiger charge is -2.28. The molecule has 0 heterocycles. The van der Waals surface area contributed by atoms with Crippen molar-refractivity contribution in [3.8, 4) is 11.5 Å². The molecule has 0 fully saturated rings. The number of ether oxygens (including phenoxy) is 3. The zero-order valence-corrected chi connectivity index (χ0v) is 11.7. The minimum absolute atomic E-state index is 0.339. The summed E-state index contributed by atoms with van der Waals surface area (Å²) in [4.78, 5) is 0. The van der Waals surface area contributed by atoms with Crippen molar-refractivity contribution in [2.75, 3.05) is 27.4 Å². The first-order valence-electron chi connectivity index (χ1n) is 6.13. The number of nitrogens with two attached hydrogens (primary N) is 1. The predicted octanol–water partition coefficient (Wildman–Crippen LogP) is 2.00. The maximum Gasteiger partial charge on any atom is 0.160 e. The van der Waals surface area contributed by atoms with E-state index in [1.807, 2.05) is 32.0 Å². The third-order valence-electron chi connectivity index (χ3n) is 2.95. The number of benzene rings is 1. The first-order chi connectivity index (χ1) is 8.58. The predicted molar refractivity (Wildman–Crippen MR) is 72.3 cm³/mol. The highest BCUT2D eigenvalue weighted by Gasteiger charge is 2.23. The van der Waals surface area contributed by atoms with Crippen LogP contribution in [0.5, 0.6) is 11.5 Å². The summed E-state index contributed by atoms with van der Waals surface area (Å²) in [6, 6.07) is 5.87. The molecule has 0 bridgehead atoms. The van der Waals surface area contributed by atoms with Gasteiger partial charge in [0.05, 0.1) is 19.8 Å². The van der Waals surface area contributed by atoms with Crippen LogP contribution in [-0.2, 0) is 11.2 Å². The second-order valence-corrected chi connectivity index (χ2v) is 4.45. The Hall–Kier alpha value is -1.26. The van der Waals surface area contributed by atoms with Crippen molar-refractivity contribution in [2.45, 2.75) is 25.9 Å². The van der Waals surface area contributed by atoms with E-state index in [9.17, 15) is 0 Å². The summed E-state index contributed by atoms with van der Waals surface area (Å²) in [6.07, 6.45) is 0.748. The Labute approximate surface area is 109 Å². The molecule has 0 saturated carbocycles. The average molecular weight is 253 g/mol. The fraction of sp³-hybridized carbons (Fsp3) is 0.571. The van der Waals surface area contributed by atoms with E-state index in [1.54, 1.807) is 14.2 Å². The Kier molecular flexibility index (Phi) is 5.44. The van der Waals surface area contributed by atoms with Crippen LogP contribution in [0.15, 0.2) is 18.2 Å². The molecule has 1 aromatic rings. The number of hydrogen-bond acceptors (Lipinski definition) is 4. The summed E-state index contributed by atoms with van der Waals surface area (Å²) in [7, 11) is 3.26. The lowest BCUT2D eigenvalue weighted by atomic mass is 9.96. The fourth-order valence-corrected chi connectivity index (χ4v) is 1.95. The molecule has 0 aromatic heterocycles. The van der Waals surface area contributed by atoms with Crippen LogP contribution < -0.4 is 15.2 Å². The normalized spacial score (nSPS) is 14.1. The summed E-state index contributed by atoms with van der Waals surface area (Å²) >= 11 is 0. The summed E-state index contributed by atoms with van der Waals surface area (Å²) in [5, 5.41) is 0. The van der Waals surface area contributed by atoms with Gasteiger partial charge in [0.1, 0.15) is 0 Å². The molecular formula is C14H23NO3. The van der Waals surface area contributed by atoms with Gasteiger partial charge in [-0.05, 0) is 31.5 Å². The molecule has 4 nitrogen and oxygen atoms in total. The van der Waals surface area contributed by atoms with Crippen molar-refractivity contribution in [3.05, 3.63) is 23.8 Å². The van der Waals surface area contributed by atoms with Crippen LogP contribution in [-0.4, -0.2) is 33.0 Å². The molecule has 4 heteroatoms. The van der Waals surface area contributed by atoms with Gasteiger partial charge in [0, 0.05) is 19.6 Å². The maximum absolute atomic E-state index is 5.79. The molecule has 0 aliphatic carbocycles. The van der Waals surface area contributed by atoms with Gasteiger partial charge in [-0.25, -0.2) is 0 Å². The SMILES string of the molecule is CCOC(C)(CN)Cc1ccc(OC)c(OC)c1. The third-order valence-corrected chi connectivity index (χ3v) is 2.95. The van der Waals surface area contributed by atoms with Gasteiger partial charge in [0.25, 0.3) is 0 Å². The fourth-order valence-electron chi connectivity index (χ4n) is 1.95. The molecule has 0 radical (unpaired) electrons. The molecule has 0 saturated heterocycles. The Morgan fingerprint density at radius 3 is 2.33 bits per heavy atom. The van der Waals surface area contributed by atoms with Gasteiger partial charge in [-0.3, -0.25) is 0 Å². The lowest BCUT2D eigenvalue weighted by molar-refractivity contribution is -0.0171. The van der Waals surface area contributed by atoms with Crippen LogP contribution in [0.3, 0.4) is 0 Å². The Balaban J connectivity index is 2.90. The van der Waals surface area contributed by atoms with Gasteiger partial charge in [0.15, 0.2) is 11.5 Å². The van der Waals surface area contributed by atoms with E-state index >= 15 is 0 Å². The minimum Gasteiger partial charge on any atom is -0.493 e. The topological polar surface area (TPSA) is 53.7 Å². The van der Waals surface area contributed by atoms with E-state index in [1.165, 1.54) is 0 Å². The van der Waals surface area contributed by atoms with Crippen molar-refractivity contribution < 1.29 is 14.2 Å². The molecule has 1 aromatic carbocycles. The molecule has 18 heavy (non-hydrogen) atoms. The molecule has 102 valence electrons. The van der Waals surface area contributed by atoms with Crippen molar-refractivity contribution in [3.63, 3.8) is 0 Å². The highest BCUT2D eigenvalue weighted by atomic mass is 16.5. The highest BCUT2D eigenvalue weighted by molar-refractivity contribution is 5.43. The number of methoxy groups -OCH3 is 2. The molecule has 1 atom stereocenters. The summed E-state index contributed by atoms with van der Waals surface area (Å²) in [5.41, 5.74) is 6.57. The molecule has 0 aliphatic heterocycles. The maximum atomic E-state index is 5.79. The van der Waals surface area contributed by atoms with Gasteiger partial charge in [-0.15, -0.1) is 0 Å². The summed E-state index contributed by atoms with van der Waals surface area (Å²) < 4.78 is 16.2. The molecule has 0 spiro atoms. The molecule has 1 rings (SSSR count). The number of rotatable bonds is 7. The third kappa shape index (κ3) is 3.62. The minimum atomic E-state index is -0.339. The summed E-state index contributed by atoms with van der Waals surface area (Å²) in [6.45, 7) is 5.13. The van der Waals surface area contributed by atoms with E-state index in [0.29, 0.717) is 13.2 Å². The van der Waals surface area contributed by atoms with Crippen LogP contribution in [0.2, 0.25) is 0 Å². The molecule has 2 N–H and O–H groups in total. The average Bonchev–Trinajstić information content (AvgIpc) is 2.38. The van der Waals surface area contributed by atoms with Gasteiger partial charge < -0.3 is 19.9 Å². The van der Waals surface area contributed by atoms with Crippen LogP contribution in [0, 0.1) is 0 Å². The van der Waals surface area contributed by atoms with Crippen LogP contribution in [0.1, 0.15) is 19.4 Å². The van der Waals surface area contributed by atoms with Gasteiger partial charge >= 0.3 is 0 Å². The van der Waals surface area contributed by atoms with Crippen LogP contribution in [0.25, 0.3) is 0 Å². The second kappa shape index (κ2) is 6.61. The van der Waals surface area contributed by atoms with E-state index in [-0.39, 0.29) is 5.60 Å². The Morgan fingerprint density at radius 2 is 1.83 bits per heavy atom. The highest BCUT2D eigenvalue weighted by Crippen LogP contribution is 2.29. The van der Waals surface area contributed by atoms with E-state index in [0.717, 1.165) is 23.5 Å².